The summed E-state index contributed by atoms with van der Waals surface area (Å²) in [4.78, 5) is 0.261. The Hall–Kier alpha value is 0.360. The van der Waals surface area contributed by atoms with Gasteiger partial charge >= 0.3 is 0 Å². The molecule has 0 aliphatic rings. The molecule has 90 valence electrons. The molecule has 0 fully saturated rings. The third-order valence-electron chi connectivity index (χ3n) is 2.70. The van der Waals surface area contributed by atoms with Crippen molar-refractivity contribution in [3.8, 4) is 0 Å². The predicted molar refractivity (Wildman–Crippen MR) is 86.4 cm³/mol. The van der Waals surface area contributed by atoms with E-state index in [0.29, 0.717) is 0 Å². The zero-order chi connectivity index (χ0) is 12.6. The lowest BCUT2D eigenvalue weighted by atomic mass is 10.00. The number of alkyl halides is 1. The van der Waals surface area contributed by atoms with Crippen LogP contribution in [0.2, 0.25) is 0 Å². The number of hydrogen-bond donors (Lipinski definition) is 0. The average Bonchev–Trinajstić information content (AvgIpc) is 2.69. The van der Waals surface area contributed by atoms with Gasteiger partial charge in [-0.25, -0.2) is 0 Å². The third kappa shape index (κ3) is 3.03. The van der Waals surface area contributed by atoms with Gasteiger partial charge in [0.2, 0.25) is 0 Å². The molecule has 0 saturated heterocycles. The van der Waals surface area contributed by atoms with Crippen LogP contribution in [0.5, 0.6) is 0 Å². The second-order valence-corrected chi connectivity index (χ2v) is 8.07. The van der Waals surface area contributed by atoms with Crippen molar-refractivity contribution in [3.05, 3.63) is 54.1 Å². The van der Waals surface area contributed by atoms with E-state index in [0.717, 1.165) is 0 Å². The largest absolute Gasteiger partial charge is 0.136 e. The second-order valence-electron chi connectivity index (χ2n) is 4.00. The fraction of sp³-hybridized carbons (Fsp3) is 0.231. The molecule has 0 nitrogen and oxygen atoms in total. The van der Waals surface area contributed by atoms with Crippen molar-refractivity contribution in [1.82, 2.24) is 0 Å². The van der Waals surface area contributed by atoms with Gasteiger partial charge in [0.15, 0.2) is 0 Å². The third-order valence-corrected chi connectivity index (χ3v) is 6.10. The number of benzene rings is 1. The minimum Gasteiger partial charge on any atom is -0.136 e. The van der Waals surface area contributed by atoms with Gasteiger partial charge in [-0.2, -0.15) is 0 Å². The molecule has 2 aromatic rings. The van der Waals surface area contributed by atoms with Crippen LogP contribution < -0.4 is 0 Å². The summed E-state index contributed by atoms with van der Waals surface area (Å²) >= 11 is 12.6. The zero-order valence-corrected chi connectivity index (χ0v) is 15.0. The monoisotopic (exact) mass is 436 g/mol. The molecule has 0 aliphatic heterocycles. The van der Waals surface area contributed by atoms with E-state index in [-0.39, 0.29) is 4.83 Å². The fourth-order valence-electron chi connectivity index (χ4n) is 1.71. The molecule has 0 radical (unpaired) electrons. The zero-order valence-electron chi connectivity index (χ0n) is 9.43. The quantitative estimate of drug-likeness (QED) is 0.477. The molecule has 1 atom stereocenters. The molecule has 0 spiro atoms. The van der Waals surface area contributed by atoms with E-state index in [1.165, 1.54) is 30.5 Å². The first-order chi connectivity index (χ1) is 7.99. The minimum absolute atomic E-state index is 0.261. The van der Waals surface area contributed by atoms with Crippen LogP contribution in [-0.2, 0) is 0 Å². The van der Waals surface area contributed by atoms with Crippen LogP contribution in [0.1, 0.15) is 27.1 Å². The maximum Gasteiger partial charge on any atom is 0.0701 e. The van der Waals surface area contributed by atoms with Crippen molar-refractivity contribution in [3.63, 3.8) is 0 Å². The SMILES string of the molecule is Cc1cc(C(Br)c2csc(Br)c2)c(C)cc1Br. The van der Waals surface area contributed by atoms with Crippen molar-refractivity contribution in [2.75, 3.05) is 0 Å². The van der Waals surface area contributed by atoms with Gasteiger partial charge in [-0.3, -0.25) is 0 Å². The summed E-state index contributed by atoms with van der Waals surface area (Å²) in [5, 5.41) is 2.18. The van der Waals surface area contributed by atoms with Crippen molar-refractivity contribution in [2.24, 2.45) is 0 Å². The van der Waals surface area contributed by atoms with E-state index in [2.05, 4.69) is 85.2 Å². The molecule has 1 heterocycles. The Morgan fingerprint density at radius 3 is 2.35 bits per heavy atom. The Labute approximate surface area is 131 Å². The molecule has 0 aliphatic carbocycles. The first-order valence-corrected chi connectivity index (χ1v) is 8.52. The van der Waals surface area contributed by atoms with Crippen molar-refractivity contribution in [2.45, 2.75) is 18.7 Å². The predicted octanol–water partition coefficient (Wildman–Crippen LogP) is 6.37. The summed E-state index contributed by atoms with van der Waals surface area (Å²) in [7, 11) is 0. The minimum atomic E-state index is 0.261. The average molecular weight is 439 g/mol. The Balaban J connectivity index is 2.43. The van der Waals surface area contributed by atoms with Gasteiger partial charge in [0, 0.05) is 4.47 Å². The lowest BCUT2D eigenvalue weighted by molar-refractivity contribution is 1.14. The highest BCUT2D eigenvalue weighted by atomic mass is 79.9. The van der Waals surface area contributed by atoms with Gasteiger partial charge < -0.3 is 0 Å². The van der Waals surface area contributed by atoms with Crippen molar-refractivity contribution in [1.29, 1.82) is 0 Å². The number of halogens is 3. The van der Waals surface area contributed by atoms with E-state index in [4.69, 9.17) is 0 Å². The normalized spacial score (nSPS) is 12.8. The van der Waals surface area contributed by atoms with Gasteiger partial charge in [0.25, 0.3) is 0 Å². The summed E-state index contributed by atoms with van der Waals surface area (Å²) in [6, 6.07) is 6.59. The van der Waals surface area contributed by atoms with E-state index >= 15 is 0 Å². The van der Waals surface area contributed by atoms with Crippen LogP contribution in [0, 0.1) is 13.8 Å². The first-order valence-electron chi connectivity index (χ1n) is 5.13. The van der Waals surface area contributed by atoms with Gasteiger partial charge in [-0.15, -0.1) is 11.3 Å². The smallest absolute Gasteiger partial charge is 0.0701 e. The molecule has 0 amide bonds. The van der Waals surface area contributed by atoms with Crippen LogP contribution in [0.4, 0.5) is 0 Å². The molecule has 1 aromatic heterocycles. The van der Waals surface area contributed by atoms with Crippen molar-refractivity contribution >= 4 is 59.1 Å². The number of hydrogen-bond acceptors (Lipinski definition) is 1. The molecule has 2 rings (SSSR count). The van der Waals surface area contributed by atoms with E-state index in [9.17, 15) is 0 Å². The highest BCUT2D eigenvalue weighted by Gasteiger charge is 2.15. The maximum atomic E-state index is 3.79. The number of aryl methyl sites for hydroxylation is 2. The lowest BCUT2D eigenvalue weighted by Gasteiger charge is -2.14. The standard InChI is InChI=1S/C13H11Br3S/c1-7-4-11(14)8(2)3-10(7)13(16)9-5-12(15)17-6-9/h3-6,13H,1-2H3. The summed E-state index contributed by atoms with van der Waals surface area (Å²) in [6.45, 7) is 4.27. The molecular weight excluding hydrogens is 428 g/mol. The molecule has 4 heteroatoms. The van der Waals surface area contributed by atoms with E-state index in [1.54, 1.807) is 11.3 Å². The maximum absolute atomic E-state index is 3.79. The topological polar surface area (TPSA) is 0 Å². The molecule has 1 unspecified atom stereocenters. The summed E-state index contributed by atoms with van der Waals surface area (Å²) in [5.74, 6) is 0. The first kappa shape index (κ1) is 13.8. The van der Waals surface area contributed by atoms with Crippen molar-refractivity contribution < 1.29 is 0 Å². The van der Waals surface area contributed by atoms with E-state index < -0.39 is 0 Å². The Morgan fingerprint density at radius 2 is 1.76 bits per heavy atom. The van der Waals surface area contributed by atoms with Gasteiger partial charge in [0.05, 0.1) is 8.61 Å². The van der Waals surface area contributed by atoms with Crippen LogP contribution in [0.25, 0.3) is 0 Å². The summed E-state index contributed by atoms with van der Waals surface area (Å²) in [5.41, 5.74) is 5.19. The lowest BCUT2D eigenvalue weighted by Crippen LogP contribution is -1.96. The highest BCUT2D eigenvalue weighted by Crippen LogP contribution is 2.38. The fourth-order valence-corrected chi connectivity index (χ4v) is 4.30. The van der Waals surface area contributed by atoms with Gasteiger partial charge in [-0.05, 0) is 69.5 Å². The summed E-state index contributed by atoms with van der Waals surface area (Å²) in [6.07, 6.45) is 0. The molecule has 0 bridgehead atoms. The van der Waals surface area contributed by atoms with Gasteiger partial charge in [0.1, 0.15) is 0 Å². The molecule has 17 heavy (non-hydrogen) atoms. The van der Waals surface area contributed by atoms with E-state index in [1.807, 2.05) is 0 Å². The Bertz CT molecular complexity index is 546. The van der Waals surface area contributed by atoms with Crippen LogP contribution in [0.3, 0.4) is 0 Å². The molecule has 0 saturated carbocycles. The Morgan fingerprint density at radius 1 is 1.06 bits per heavy atom. The van der Waals surface area contributed by atoms with Crippen LogP contribution in [-0.4, -0.2) is 0 Å². The van der Waals surface area contributed by atoms with Crippen LogP contribution in [0.15, 0.2) is 31.8 Å². The molecule has 0 N–H and O–H groups in total. The van der Waals surface area contributed by atoms with Gasteiger partial charge in [-0.1, -0.05) is 37.9 Å². The number of thiophene rings is 1. The number of rotatable bonds is 2. The molecule has 1 aromatic carbocycles. The Kier molecular flexibility index (Phi) is 4.50. The second kappa shape index (κ2) is 5.55. The van der Waals surface area contributed by atoms with Crippen LogP contribution >= 0.6 is 59.1 Å². The highest BCUT2D eigenvalue weighted by molar-refractivity contribution is 9.11. The summed E-state index contributed by atoms with van der Waals surface area (Å²) < 4.78 is 2.34. The molecular formula is C13H11Br3S.